The molecule has 12 heteroatoms. The van der Waals surface area contributed by atoms with Crippen LogP contribution < -0.4 is 15.2 Å². The summed E-state index contributed by atoms with van der Waals surface area (Å²) in [5.74, 6) is -0.719. The lowest BCUT2D eigenvalue weighted by Crippen LogP contribution is -2.17. The monoisotopic (exact) mass is 527 g/mol. The number of fused-ring (bicyclic) bond motifs is 1. The summed E-state index contributed by atoms with van der Waals surface area (Å²) >= 11 is 0. The van der Waals surface area contributed by atoms with Gasteiger partial charge in [-0.2, -0.15) is 0 Å². The largest absolute Gasteiger partial charge is 0.573 e. The van der Waals surface area contributed by atoms with Crippen molar-refractivity contribution in [2.75, 3.05) is 11.8 Å². The molecule has 0 saturated heterocycles. The van der Waals surface area contributed by atoms with E-state index < -0.39 is 23.1 Å². The summed E-state index contributed by atoms with van der Waals surface area (Å²) in [6.45, 7) is 0. The van der Waals surface area contributed by atoms with Gasteiger partial charge in [0, 0.05) is 65.2 Å². The van der Waals surface area contributed by atoms with Gasteiger partial charge in [-0.3, -0.25) is 9.79 Å². The Balaban J connectivity index is 1.55. The summed E-state index contributed by atoms with van der Waals surface area (Å²) in [5.41, 5.74) is 8.63. The molecule has 190 valence electrons. The van der Waals surface area contributed by atoms with E-state index in [9.17, 15) is 22.2 Å². The number of carbonyl (C=O) groups is 1. The fourth-order valence-corrected chi connectivity index (χ4v) is 4.35. The van der Waals surface area contributed by atoms with Gasteiger partial charge in [-0.05, 0) is 42.5 Å². The molecular weight excluding hydrogens is 507 g/mol. The van der Waals surface area contributed by atoms with E-state index in [0.29, 0.717) is 39.0 Å². The Labute approximate surface area is 211 Å². The molecule has 0 fully saturated rings. The Morgan fingerprint density at radius 1 is 1.16 bits per heavy atom. The smallest absolute Gasteiger partial charge is 0.406 e. The van der Waals surface area contributed by atoms with Crippen molar-refractivity contribution >= 4 is 45.3 Å². The number of benzene rings is 2. The molecule has 0 aliphatic heterocycles. The number of aromatic amines is 1. The molecule has 2 heterocycles. The number of alkyl halides is 3. The molecule has 0 amide bonds. The number of ketones is 1. The second kappa shape index (κ2) is 10.7. The van der Waals surface area contributed by atoms with Crippen LogP contribution in [0.1, 0.15) is 21.5 Å². The molecule has 0 aliphatic carbocycles. The van der Waals surface area contributed by atoms with E-state index in [1.807, 2.05) is 0 Å². The number of aliphatic imine (C=N–C) groups is 1. The van der Waals surface area contributed by atoms with Crippen LogP contribution in [0.25, 0.3) is 16.6 Å². The highest BCUT2D eigenvalue weighted by molar-refractivity contribution is 7.86. The number of nitrogens with one attached hydrogen (secondary N) is 2. The highest BCUT2D eigenvalue weighted by atomic mass is 32.2. The number of anilines is 1. The first-order chi connectivity index (χ1) is 17.7. The third kappa shape index (κ3) is 6.04. The van der Waals surface area contributed by atoms with Crippen molar-refractivity contribution in [2.24, 2.45) is 10.7 Å². The van der Waals surface area contributed by atoms with Crippen molar-refractivity contribution in [3.63, 3.8) is 0 Å². The SMILES string of the molecule is CN=CC(=CN)c1cnc2[nH]cc(C(=O)c3cccc(NS(=O)c4ccc(OC(F)(F)F)cc4)c3)c2c1. The lowest BCUT2D eigenvalue weighted by atomic mass is 10.0. The maximum Gasteiger partial charge on any atom is 0.573 e. The third-order valence-corrected chi connectivity index (χ3v) is 6.28. The highest BCUT2D eigenvalue weighted by Gasteiger charge is 2.31. The van der Waals surface area contributed by atoms with Crippen LogP contribution in [-0.2, 0) is 11.0 Å². The summed E-state index contributed by atoms with van der Waals surface area (Å²) < 4.78 is 56.3. The Kier molecular flexibility index (Phi) is 7.39. The molecular formula is C25H20F3N5O3S. The summed E-state index contributed by atoms with van der Waals surface area (Å²) in [6.07, 6.45) is 1.35. The molecule has 1 atom stereocenters. The van der Waals surface area contributed by atoms with Crippen LogP contribution in [0.3, 0.4) is 0 Å². The predicted molar refractivity (Wildman–Crippen MR) is 136 cm³/mol. The fraction of sp³-hybridized carbons (Fsp3) is 0.0800. The zero-order valence-electron chi connectivity index (χ0n) is 19.2. The van der Waals surface area contributed by atoms with Gasteiger partial charge in [-0.15, -0.1) is 13.2 Å². The number of hydrogen-bond acceptors (Lipinski definition) is 6. The van der Waals surface area contributed by atoms with E-state index in [4.69, 9.17) is 5.73 Å². The van der Waals surface area contributed by atoms with Crippen molar-refractivity contribution < 1.29 is 26.9 Å². The van der Waals surface area contributed by atoms with E-state index in [0.717, 1.165) is 12.1 Å². The first-order valence-corrected chi connectivity index (χ1v) is 11.8. The molecule has 2 aromatic carbocycles. The fourth-order valence-electron chi connectivity index (χ4n) is 3.51. The molecule has 4 N–H and O–H groups in total. The van der Waals surface area contributed by atoms with Crippen LogP contribution in [0, 0.1) is 0 Å². The number of hydrogen-bond donors (Lipinski definition) is 3. The average molecular weight is 528 g/mol. The number of halogens is 3. The number of nitrogens with zero attached hydrogens (tertiary/aromatic N) is 2. The van der Waals surface area contributed by atoms with Crippen molar-refractivity contribution in [1.29, 1.82) is 0 Å². The highest BCUT2D eigenvalue weighted by Crippen LogP contribution is 2.26. The third-order valence-electron chi connectivity index (χ3n) is 5.16. The van der Waals surface area contributed by atoms with Gasteiger partial charge in [0.05, 0.1) is 4.90 Å². The number of H-pyrrole nitrogens is 1. The molecule has 0 bridgehead atoms. The van der Waals surface area contributed by atoms with Crippen molar-refractivity contribution in [3.05, 3.63) is 89.9 Å². The van der Waals surface area contributed by atoms with Gasteiger partial charge in [0.15, 0.2) is 5.78 Å². The minimum absolute atomic E-state index is 0.223. The lowest BCUT2D eigenvalue weighted by Gasteiger charge is -2.10. The number of aromatic nitrogens is 2. The predicted octanol–water partition coefficient (Wildman–Crippen LogP) is 4.83. The van der Waals surface area contributed by atoms with Gasteiger partial charge in [-0.25, -0.2) is 9.19 Å². The van der Waals surface area contributed by atoms with Crippen molar-refractivity contribution in [3.8, 4) is 5.75 Å². The minimum atomic E-state index is -4.82. The van der Waals surface area contributed by atoms with Crippen LogP contribution in [0.2, 0.25) is 0 Å². The Morgan fingerprint density at radius 3 is 2.59 bits per heavy atom. The molecule has 0 aliphatic rings. The topological polar surface area (TPSA) is 122 Å². The summed E-state index contributed by atoms with van der Waals surface area (Å²) in [6, 6.07) is 12.8. The molecule has 4 rings (SSSR count). The zero-order chi connectivity index (χ0) is 26.6. The van der Waals surface area contributed by atoms with Crippen LogP contribution >= 0.6 is 0 Å². The lowest BCUT2D eigenvalue weighted by molar-refractivity contribution is -0.274. The number of ether oxygens (including phenoxy) is 1. The molecule has 4 aromatic rings. The summed E-state index contributed by atoms with van der Waals surface area (Å²) in [5, 5.41) is 0.592. The van der Waals surface area contributed by atoms with Gasteiger partial charge in [0.2, 0.25) is 0 Å². The Bertz CT molecular complexity index is 1530. The van der Waals surface area contributed by atoms with Gasteiger partial charge >= 0.3 is 6.36 Å². The van der Waals surface area contributed by atoms with Gasteiger partial charge < -0.3 is 20.2 Å². The minimum Gasteiger partial charge on any atom is -0.406 e. The second-order valence-electron chi connectivity index (χ2n) is 7.63. The number of carbonyl (C=O) groups excluding carboxylic acids is 1. The van der Waals surface area contributed by atoms with Gasteiger partial charge in [0.1, 0.15) is 22.4 Å². The number of nitrogens with two attached hydrogens (primary N) is 1. The van der Waals surface area contributed by atoms with E-state index in [1.165, 1.54) is 24.4 Å². The van der Waals surface area contributed by atoms with E-state index in [-0.39, 0.29) is 10.7 Å². The Morgan fingerprint density at radius 2 is 1.92 bits per heavy atom. The molecule has 8 nitrogen and oxygen atoms in total. The number of rotatable bonds is 8. The van der Waals surface area contributed by atoms with Crippen LogP contribution in [0.15, 0.2) is 83.1 Å². The first-order valence-electron chi connectivity index (χ1n) is 10.7. The van der Waals surface area contributed by atoms with Crippen molar-refractivity contribution in [1.82, 2.24) is 9.97 Å². The van der Waals surface area contributed by atoms with Gasteiger partial charge in [0.25, 0.3) is 0 Å². The quantitative estimate of drug-likeness (QED) is 0.224. The standard InChI is InChI=1S/C25H20F3N5O3S/c1-30-12-17(11-29)16-10-21-22(14-32-24(21)31-13-16)23(34)15-3-2-4-18(9-15)33-37(35)20-7-5-19(6-8-20)36-25(26,27)28/h2-14,33H,29H2,1H3,(H,31,32). The maximum absolute atomic E-state index is 13.3. The van der Waals surface area contributed by atoms with Gasteiger partial charge in [-0.1, -0.05) is 12.1 Å². The van der Waals surface area contributed by atoms with E-state index in [2.05, 4.69) is 24.4 Å². The average Bonchev–Trinajstić information content (AvgIpc) is 3.29. The normalized spacial score (nSPS) is 13.1. The summed E-state index contributed by atoms with van der Waals surface area (Å²) in [4.78, 5) is 24.9. The molecule has 0 radical (unpaired) electrons. The Hall–Kier alpha value is -4.45. The maximum atomic E-state index is 13.3. The molecule has 2 aromatic heterocycles. The summed E-state index contributed by atoms with van der Waals surface area (Å²) in [7, 11) is -0.185. The van der Waals surface area contributed by atoms with E-state index >= 15 is 0 Å². The zero-order valence-corrected chi connectivity index (χ0v) is 20.1. The van der Waals surface area contributed by atoms with E-state index in [1.54, 1.807) is 49.9 Å². The molecule has 37 heavy (non-hydrogen) atoms. The number of allylic oxidation sites excluding steroid dienone is 1. The second-order valence-corrected chi connectivity index (χ2v) is 8.84. The molecule has 0 saturated carbocycles. The first kappa shape index (κ1) is 25.6. The molecule has 1 unspecified atom stereocenters. The van der Waals surface area contributed by atoms with Crippen molar-refractivity contribution in [2.45, 2.75) is 11.3 Å². The van der Waals surface area contributed by atoms with Crippen LogP contribution in [0.5, 0.6) is 5.75 Å². The van der Waals surface area contributed by atoms with Crippen LogP contribution in [-0.4, -0.2) is 39.6 Å². The number of pyridine rings is 1. The van der Waals surface area contributed by atoms with Crippen LogP contribution in [0.4, 0.5) is 18.9 Å². The molecule has 0 spiro atoms.